The van der Waals surface area contributed by atoms with Crippen LogP contribution < -0.4 is 14.8 Å². The number of benzene rings is 3. The van der Waals surface area contributed by atoms with Gasteiger partial charge in [0.05, 0.1) is 26.3 Å². The zero-order valence-electron chi connectivity index (χ0n) is 16.8. The lowest BCUT2D eigenvalue weighted by atomic mass is 9.98. The zero-order valence-corrected chi connectivity index (χ0v) is 16.8. The van der Waals surface area contributed by atoms with Crippen LogP contribution in [0.2, 0.25) is 0 Å². The summed E-state index contributed by atoms with van der Waals surface area (Å²) in [6.45, 7) is 0.293. The number of methoxy groups -OCH3 is 2. The molecule has 0 spiro atoms. The van der Waals surface area contributed by atoms with Gasteiger partial charge < -0.3 is 24.6 Å². The molecule has 154 valence electrons. The Morgan fingerprint density at radius 2 is 1.60 bits per heavy atom. The number of phenolic OH excluding ortho intramolecular Hbond substituents is 1. The van der Waals surface area contributed by atoms with E-state index in [1.165, 1.54) is 31.4 Å². The summed E-state index contributed by atoms with van der Waals surface area (Å²) in [7, 11) is 2.99. The molecule has 0 heterocycles. The van der Waals surface area contributed by atoms with Crippen molar-refractivity contribution in [2.45, 2.75) is 12.5 Å². The Bertz CT molecular complexity index is 1030. The average Bonchev–Trinajstić information content (AvgIpc) is 3.10. The van der Waals surface area contributed by atoms with E-state index < -0.39 is 6.09 Å². The number of alkyl carbamates (subject to hydrolysis) is 1. The van der Waals surface area contributed by atoms with Crippen LogP contribution in [0.4, 0.5) is 4.79 Å². The lowest BCUT2D eigenvalue weighted by molar-refractivity contribution is 0.142. The lowest BCUT2D eigenvalue weighted by Gasteiger charge is -2.16. The van der Waals surface area contributed by atoms with Gasteiger partial charge in [0.15, 0.2) is 0 Å². The third-order valence-corrected chi connectivity index (χ3v) is 5.37. The fourth-order valence-electron chi connectivity index (χ4n) is 3.89. The number of amides is 1. The van der Waals surface area contributed by atoms with Gasteiger partial charge in [0.1, 0.15) is 23.9 Å². The summed E-state index contributed by atoms with van der Waals surface area (Å²) >= 11 is 0. The van der Waals surface area contributed by atoms with Gasteiger partial charge in [-0.05, 0) is 22.3 Å². The fraction of sp³-hybridized carbons (Fsp3) is 0.208. The highest BCUT2D eigenvalue weighted by Gasteiger charge is 2.29. The Hall–Kier alpha value is -3.67. The van der Waals surface area contributed by atoms with Crippen LogP contribution in [0.5, 0.6) is 17.2 Å². The fourth-order valence-corrected chi connectivity index (χ4v) is 3.89. The van der Waals surface area contributed by atoms with E-state index in [0.717, 1.165) is 11.1 Å². The molecule has 6 nitrogen and oxygen atoms in total. The zero-order chi connectivity index (χ0) is 21.1. The van der Waals surface area contributed by atoms with Crippen molar-refractivity contribution in [2.24, 2.45) is 0 Å². The number of phenols is 1. The number of aromatic hydroxyl groups is 1. The highest BCUT2D eigenvalue weighted by atomic mass is 16.5. The summed E-state index contributed by atoms with van der Waals surface area (Å²) in [5, 5.41) is 12.9. The highest BCUT2D eigenvalue weighted by molar-refractivity contribution is 5.79. The SMILES string of the molecule is COc1cc(O)c(CNC(=O)OCC2c3ccccc3-c3ccccc32)c(OC)c1. The number of carbonyl (C=O) groups is 1. The molecular formula is C24H23NO5. The molecule has 3 aromatic rings. The van der Waals surface area contributed by atoms with Gasteiger partial charge in [-0.25, -0.2) is 4.79 Å². The third kappa shape index (κ3) is 3.64. The molecule has 0 saturated carbocycles. The number of ether oxygens (including phenoxy) is 3. The van der Waals surface area contributed by atoms with E-state index in [0.29, 0.717) is 17.1 Å². The lowest BCUT2D eigenvalue weighted by Crippen LogP contribution is -2.26. The van der Waals surface area contributed by atoms with Crippen molar-refractivity contribution in [3.8, 4) is 28.4 Å². The van der Waals surface area contributed by atoms with E-state index >= 15 is 0 Å². The molecular weight excluding hydrogens is 382 g/mol. The first kappa shape index (κ1) is 19.6. The molecule has 1 amide bonds. The Labute approximate surface area is 175 Å². The number of hydrogen-bond acceptors (Lipinski definition) is 5. The molecule has 0 fully saturated rings. The molecule has 0 atom stereocenters. The predicted molar refractivity (Wildman–Crippen MR) is 113 cm³/mol. The van der Waals surface area contributed by atoms with E-state index in [9.17, 15) is 9.90 Å². The molecule has 1 aliphatic rings. The van der Waals surface area contributed by atoms with Crippen LogP contribution >= 0.6 is 0 Å². The Morgan fingerprint density at radius 1 is 0.967 bits per heavy atom. The normalized spacial score (nSPS) is 12.1. The van der Waals surface area contributed by atoms with E-state index in [4.69, 9.17) is 14.2 Å². The second kappa shape index (κ2) is 8.37. The van der Waals surface area contributed by atoms with Crippen LogP contribution in [0.25, 0.3) is 11.1 Å². The van der Waals surface area contributed by atoms with E-state index in [-0.39, 0.29) is 24.8 Å². The quantitative estimate of drug-likeness (QED) is 0.634. The minimum absolute atomic E-state index is 0.00734. The maximum Gasteiger partial charge on any atom is 0.407 e. The summed E-state index contributed by atoms with van der Waals surface area (Å²) in [6.07, 6.45) is -0.561. The standard InChI is InChI=1S/C24H23NO5/c1-28-15-11-22(26)20(23(12-15)29-2)13-25-24(27)30-14-21-18-9-5-3-7-16(18)17-8-4-6-10-19(17)21/h3-12,21,26H,13-14H2,1-2H3,(H,25,27). The van der Waals surface area contributed by atoms with Crippen LogP contribution in [-0.2, 0) is 11.3 Å². The van der Waals surface area contributed by atoms with E-state index in [1.807, 2.05) is 24.3 Å². The molecule has 6 heteroatoms. The van der Waals surface area contributed by atoms with Crippen molar-refractivity contribution in [3.63, 3.8) is 0 Å². The van der Waals surface area contributed by atoms with Crippen molar-refractivity contribution in [3.05, 3.63) is 77.4 Å². The van der Waals surface area contributed by atoms with Gasteiger partial charge in [0, 0.05) is 18.1 Å². The predicted octanol–water partition coefficient (Wildman–Crippen LogP) is 4.45. The summed E-state index contributed by atoms with van der Waals surface area (Å²) in [4.78, 5) is 12.4. The maximum absolute atomic E-state index is 12.4. The number of fused-ring (bicyclic) bond motifs is 3. The molecule has 0 aliphatic heterocycles. The van der Waals surface area contributed by atoms with Crippen molar-refractivity contribution in [1.29, 1.82) is 0 Å². The third-order valence-electron chi connectivity index (χ3n) is 5.37. The van der Waals surface area contributed by atoms with Crippen LogP contribution in [0.3, 0.4) is 0 Å². The smallest absolute Gasteiger partial charge is 0.407 e. The topological polar surface area (TPSA) is 77.0 Å². The molecule has 2 N–H and O–H groups in total. The van der Waals surface area contributed by atoms with Gasteiger partial charge in [-0.15, -0.1) is 0 Å². The molecule has 30 heavy (non-hydrogen) atoms. The van der Waals surface area contributed by atoms with Gasteiger partial charge in [0.25, 0.3) is 0 Å². The van der Waals surface area contributed by atoms with E-state index in [2.05, 4.69) is 29.6 Å². The summed E-state index contributed by atoms with van der Waals surface area (Å²) in [5.74, 6) is 0.859. The van der Waals surface area contributed by atoms with Crippen molar-refractivity contribution < 1.29 is 24.1 Å². The van der Waals surface area contributed by atoms with Gasteiger partial charge in [-0.2, -0.15) is 0 Å². The molecule has 0 unspecified atom stereocenters. The summed E-state index contributed by atoms with van der Waals surface area (Å²) in [6, 6.07) is 19.5. The summed E-state index contributed by atoms with van der Waals surface area (Å²) < 4.78 is 15.9. The van der Waals surface area contributed by atoms with Gasteiger partial charge >= 0.3 is 6.09 Å². The molecule has 3 aromatic carbocycles. The number of carbonyl (C=O) groups excluding carboxylic acids is 1. The summed E-state index contributed by atoms with van der Waals surface area (Å²) in [5.41, 5.74) is 5.11. The molecule has 0 saturated heterocycles. The first-order chi connectivity index (χ1) is 14.6. The van der Waals surface area contributed by atoms with Crippen LogP contribution in [-0.4, -0.2) is 32.0 Å². The van der Waals surface area contributed by atoms with Gasteiger partial charge in [-0.3, -0.25) is 0 Å². The minimum Gasteiger partial charge on any atom is -0.507 e. The second-order valence-corrected chi connectivity index (χ2v) is 7.01. The monoisotopic (exact) mass is 405 g/mol. The van der Waals surface area contributed by atoms with Crippen LogP contribution in [0.1, 0.15) is 22.6 Å². The van der Waals surface area contributed by atoms with Gasteiger partial charge in [-0.1, -0.05) is 48.5 Å². The number of rotatable bonds is 6. The molecule has 0 aromatic heterocycles. The maximum atomic E-state index is 12.4. The largest absolute Gasteiger partial charge is 0.507 e. The molecule has 0 bridgehead atoms. The van der Waals surface area contributed by atoms with Crippen molar-refractivity contribution in [2.75, 3.05) is 20.8 Å². The molecule has 0 radical (unpaired) electrons. The minimum atomic E-state index is -0.561. The Kier molecular flexibility index (Phi) is 5.48. The first-order valence-corrected chi connectivity index (χ1v) is 9.65. The van der Waals surface area contributed by atoms with Crippen LogP contribution in [0, 0.1) is 0 Å². The van der Waals surface area contributed by atoms with E-state index in [1.54, 1.807) is 6.07 Å². The van der Waals surface area contributed by atoms with Crippen LogP contribution in [0.15, 0.2) is 60.7 Å². The second-order valence-electron chi connectivity index (χ2n) is 7.01. The first-order valence-electron chi connectivity index (χ1n) is 9.65. The Morgan fingerprint density at radius 3 is 2.20 bits per heavy atom. The van der Waals surface area contributed by atoms with Crippen molar-refractivity contribution >= 4 is 6.09 Å². The highest BCUT2D eigenvalue weighted by Crippen LogP contribution is 2.44. The molecule has 1 aliphatic carbocycles. The Balaban J connectivity index is 1.43. The number of hydrogen-bond donors (Lipinski definition) is 2. The number of nitrogens with one attached hydrogen (secondary N) is 1. The van der Waals surface area contributed by atoms with Crippen molar-refractivity contribution in [1.82, 2.24) is 5.32 Å². The average molecular weight is 405 g/mol. The van der Waals surface area contributed by atoms with Gasteiger partial charge in [0.2, 0.25) is 0 Å². The molecule has 4 rings (SSSR count).